The molecule has 2 N–H and O–H groups in total. The van der Waals surface area contributed by atoms with Gasteiger partial charge in [0.05, 0.1) is 6.61 Å². The molecule has 1 aliphatic rings. The highest BCUT2D eigenvalue weighted by Crippen LogP contribution is 2.37. The molecule has 4 heteroatoms. The molecule has 2 atom stereocenters. The van der Waals surface area contributed by atoms with E-state index in [1.54, 1.807) is 0 Å². The Labute approximate surface area is 118 Å². The van der Waals surface area contributed by atoms with Crippen molar-refractivity contribution in [3.63, 3.8) is 0 Å². The third kappa shape index (κ3) is 4.41. The molecule has 0 spiro atoms. The Hall–Kier alpha value is -0.163. The lowest BCUT2D eigenvalue weighted by molar-refractivity contribution is 0.112. The quantitative estimate of drug-likeness (QED) is 0.603. The molecule has 0 saturated heterocycles. The maximum absolute atomic E-state index is 9.40. The molecule has 0 saturated carbocycles. The summed E-state index contributed by atoms with van der Waals surface area (Å²) in [5.41, 5.74) is 1.29. The summed E-state index contributed by atoms with van der Waals surface area (Å²) < 4.78 is 6.22. The molecular formula is C15H30O3Si. The molecular weight excluding hydrogens is 256 g/mol. The summed E-state index contributed by atoms with van der Waals surface area (Å²) in [5.74, 6) is 0.398. The van der Waals surface area contributed by atoms with Crippen molar-refractivity contribution in [2.75, 3.05) is 19.8 Å². The van der Waals surface area contributed by atoms with Crippen molar-refractivity contribution in [3.8, 4) is 0 Å². The van der Waals surface area contributed by atoms with Gasteiger partial charge in [0, 0.05) is 13.2 Å². The van der Waals surface area contributed by atoms with E-state index in [1.807, 2.05) is 0 Å². The molecule has 3 nitrogen and oxygen atoms in total. The number of aliphatic hydroxyl groups is 2. The monoisotopic (exact) mass is 286 g/mol. The third-order valence-electron chi connectivity index (χ3n) is 4.79. The predicted molar refractivity (Wildman–Crippen MR) is 81.6 cm³/mol. The Kier molecular flexibility index (Phi) is 5.80. The topological polar surface area (TPSA) is 49.7 Å². The van der Waals surface area contributed by atoms with E-state index in [0.29, 0.717) is 6.61 Å². The highest BCUT2D eigenvalue weighted by Gasteiger charge is 2.37. The molecule has 0 heterocycles. The zero-order chi connectivity index (χ0) is 14.7. The van der Waals surface area contributed by atoms with E-state index in [2.05, 4.69) is 39.9 Å². The van der Waals surface area contributed by atoms with E-state index in [4.69, 9.17) is 4.43 Å². The van der Waals surface area contributed by atoms with Crippen LogP contribution in [0.5, 0.6) is 0 Å². The Balaban J connectivity index is 2.58. The van der Waals surface area contributed by atoms with Crippen molar-refractivity contribution in [2.45, 2.75) is 51.7 Å². The van der Waals surface area contributed by atoms with Crippen LogP contribution in [0.4, 0.5) is 0 Å². The first-order valence-corrected chi connectivity index (χ1v) is 10.2. The predicted octanol–water partition coefficient (Wildman–Crippen LogP) is 2.95. The van der Waals surface area contributed by atoms with Crippen LogP contribution >= 0.6 is 0 Å². The summed E-state index contributed by atoms with van der Waals surface area (Å²) in [6, 6.07) is 0. The van der Waals surface area contributed by atoms with Crippen LogP contribution in [0.1, 0.15) is 33.6 Å². The standard InChI is InChI=1S/C15H30O3Si/c1-15(2,3)19(4,5)18-11-12-6-7-13(9-16)14(8-12)10-17/h6,13-14,16-17H,7-11H2,1-5H3/t13-,14-/m0/s1. The average molecular weight is 286 g/mol. The first kappa shape index (κ1) is 16.9. The Morgan fingerprint density at radius 3 is 2.26 bits per heavy atom. The van der Waals surface area contributed by atoms with E-state index < -0.39 is 8.32 Å². The van der Waals surface area contributed by atoms with E-state index >= 15 is 0 Å². The molecule has 0 bridgehead atoms. The van der Waals surface area contributed by atoms with Gasteiger partial charge in [0.2, 0.25) is 0 Å². The number of hydrogen-bond acceptors (Lipinski definition) is 3. The van der Waals surface area contributed by atoms with Gasteiger partial charge in [-0.25, -0.2) is 0 Å². The van der Waals surface area contributed by atoms with Crippen molar-refractivity contribution in [1.82, 2.24) is 0 Å². The Morgan fingerprint density at radius 1 is 1.21 bits per heavy atom. The number of hydrogen-bond donors (Lipinski definition) is 2. The van der Waals surface area contributed by atoms with Gasteiger partial charge in [-0.15, -0.1) is 0 Å². The number of allylic oxidation sites excluding steroid dienone is 1. The lowest BCUT2D eigenvalue weighted by Gasteiger charge is -2.37. The van der Waals surface area contributed by atoms with Gasteiger partial charge in [0.15, 0.2) is 8.32 Å². The molecule has 1 aliphatic carbocycles. The normalized spacial score (nSPS) is 25.3. The van der Waals surface area contributed by atoms with Gasteiger partial charge in [-0.3, -0.25) is 0 Å². The van der Waals surface area contributed by atoms with Crippen LogP contribution in [0, 0.1) is 11.8 Å². The average Bonchev–Trinajstić information content (AvgIpc) is 2.34. The lowest BCUT2D eigenvalue weighted by Crippen LogP contribution is -2.41. The highest BCUT2D eigenvalue weighted by molar-refractivity contribution is 6.74. The smallest absolute Gasteiger partial charge is 0.192 e. The molecule has 112 valence electrons. The molecule has 0 radical (unpaired) electrons. The maximum Gasteiger partial charge on any atom is 0.192 e. The molecule has 0 aromatic rings. The molecule has 0 unspecified atom stereocenters. The second kappa shape index (κ2) is 6.53. The SMILES string of the molecule is CC(C)(C)[Si](C)(C)OCC1=CC[C@@H](CO)[C@H](CO)C1. The van der Waals surface area contributed by atoms with Crippen molar-refractivity contribution in [1.29, 1.82) is 0 Å². The van der Waals surface area contributed by atoms with E-state index in [9.17, 15) is 10.2 Å². The van der Waals surface area contributed by atoms with Crippen molar-refractivity contribution < 1.29 is 14.6 Å². The van der Waals surface area contributed by atoms with Crippen LogP contribution in [0.3, 0.4) is 0 Å². The molecule has 0 fully saturated rings. The fourth-order valence-corrected chi connectivity index (χ4v) is 3.12. The maximum atomic E-state index is 9.40. The summed E-state index contributed by atoms with van der Waals surface area (Å²) in [5, 5.41) is 18.9. The van der Waals surface area contributed by atoms with Crippen LogP contribution in [0.15, 0.2) is 11.6 Å². The van der Waals surface area contributed by atoms with Gasteiger partial charge in [-0.05, 0) is 48.4 Å². The van der Waals surface area contributed by atoms with Crippen molar-refractivity contribution in [3.05, 3.63) is 11.6 Å². The number of aliphatic hydroxyl groups excluding tert-OH is 2. The van der Waals surface area contributed by atoms with Crippen LogP contribution in [0.2, 0.25) is 18.1 Å². The van der Waals surface area contributed by atoms with Crippen LogP contribution in [-0.4, -0.2) is 38.4 Å². The molecule has 19 heavy (non-hydrogen) atoms. The van der Waals surface area contributed by atoms with Gasteiger partial charge in [-0.2, -0.15) is 0 Å². The largest absolute Gasteiger partial charge is 0.413 e. The van der Waals surface area contributed by atoms with Crippen LogP contribution in [0.25, 0.3) is 0 Å². The van der Waals surface area contributed by atoms with Gasteiger partial charge in [0.25, 0.3) is 0 Å². The molecule has 0 aliphatic heterocycles. The lowest BCUT2D eigenvalue weighted by atomic mass is 9.81. The second-order valence-corrected chi connectivity index (χ2v) is 12.0. The zero-order valence-electron chi connectivity index (χ0n) is 13.1. The third-order valence-corrected chi connectivity index (χ3v) is 9.27. The van der Waals surface area contributed by atoms with Gasteiger partial charge < -0.3 is 14.6 Å². The fraction of sp³-hybridized carbons (Fsp3) is 0.867. The first-order chi connectivity index (χ1) is 8.71. The second-order valence-electron chi connectivity index (χ2n) is 7.24. The fourth-order valence-electron chi connectivity index (χ4n) is 2.14. The minimum Gasteiger partial charge on any atom is -0.413 e. The summed E-state index contributed by atoms with van der Waals surface area (Å²) in [4.78, 5) is 0. The zero-order valence-corrected chi connectivity index (χ0v) is 14.1. The highest BCUT2D eigenvalue weighted by atomic mass is 28.4. The summed E-state index contributed by atoms with van der Waals surface area (Å²) in [7, 11) is -1.70. The number of rotatable bonds is 5. The van der Waals surface area contributed by atoms with E-state index in [1.165, 1.54) is 5.57 Å². The molecule has 1 rings (SSSR count). The van der Waals surface area contributed by atoms with Crippen molar-refractivity contribution >= 4 is 8.32 Å². The van der Waals surface area contributed by atoms with Gasteiger partial charge >= 0.3 is 0 Å². The van der Waals surface area contributed by atoms with Crippen LogP contribution < -0.4 is 0 Å². The minimum absolute atomic E-state index is 0.155. The Morgan fingerprint density at radius 2 is 1.79 bits per heavy atom. The van der Waals surface area contributed by atoms with E-state index in [-0.39, 0.29) is 30.1 Å². The Bertz CT molecular complexity index is 318. The van der Waals surface area contributed by atoms with Crippen LogP contribution in [-0.2, 0) is 4.43 Å². The van der Waals surface area contributed by atoms with Crippen molar-refractivity contribution in [2.24, 2.45) is 11.8 Å². The molecule has 0 amide bonds. The first-order valence-electron chi connectivity index (χ1n) is 7.25. The minimum atomic E-state index is -1.70. The summed E-state index contributed by atoms with van der Waals surface area (Å²) in [6.07, 6.45) is 3.91. The summed E-state index contributed by atoms with van der Waals surface area (Å²) >= 11 is 0. The molecule has 0 aromatic carbocycles. The van der Waals surface area contributed by atoms with E-state index in [0.717, 1.165) is 12.8 Å². The summed E-state index contributed by atoms with van der Waals surface area (Å²) in [6.45, 7) is 12.3. The molecule has 0 aromatic heterocycles. The van der Waals surface area contributed by atoms with Gasteiger partial charge in [-0.1, -0.05) is 26.8 Å². The van der Waals surface area contributed by atoms with Gasteiger partial charge in [0.1, 0.15) is 0 Å².